The van der Waals surface area contributed by atoms with Crippen LogP contribution in [0.1, 0.15) is 10.5 Å². The third-order valence-electron chi connectivity index (χ3n) is 3.03. The van der Waals surface area contributed by atoms with Gasteiger partial charge in [-0.3, -0.25) is 9.48 Å². The molecule has 21 heavy (non-hydrogen) atoms. The molecule has 0 aliphatic rings. The maximum Gasteiger partial charge on any atom is 0.300 e. The fraction of sp³-hybridized carbons (Fsp3) is 0.133. The largest absolute Gasteiger partial charge is 0.312 e. The van der Waals surface area contributed by atoms with Crippen molar-refractivity contribution in [2.75, 3.05) is 0 Å². The van der Waals surface area contributed by atoms with Gasteiger partial charge < -0.3 is 4.57 Å². The molecular weight excluding hydrogens is 284 g/mol. The summed E-state index contributed by atoms with van der Waals surface area (Å²) in [6.45, 7) is 4.38. The molecule has 3 aromatic rings. The van der Waals surface area contributed by atoms with E-state index < -0.39 is 0 Å². The average Bonchev–Trinajstić information content (AvgIpc) is 3.04. The highest BCUT2D eigenvalue weighted by Crippen LogP contribution is 2.16. The zero-order valence-electron chi connectivity index (χ0n) is 11.6. The molecule has 106 valence electrons. The van der Waals surface area contributed by atoms with E-state index in [1.807, 2.05) is 28.8 Å². The Hall–Kier alpha value is -2.47. The van der Waals surface area contributed by atoms with Crippen molar-refractivity contribution >= 4 is 27.5 Å². The van der Waals surface area contributed by atoms with E-state index in [1.165, 1.54) is 11.3 Å². The summed E-state index contributed by atoms with van der Waals surface area (Å²) in [5.41, 5.74) is 1.40. The number of allylic oxidation sites excluding steroid dienone is 1. The van der Waals surface area contributed by atoms with Gasteiger partial charge in [-0.1, -0.05) is 29.5 Å². The van der Waals surface area contributed by atoms with Crippen LogP contribution >= 0.6 is 11.3 Å². The van der Waals surface area contributed by atoms with E-state index in [-0.39, 0.29) is 5.91 Å². The summed E-state index contributed by atoms with van der Waals surface area (Å²) < 4.78 is 4.66. The second kappa shape index (κ2) is 5.49. The van der Waals surface area contributed by atoms with Crippen LogP contribution in [0, 0.1) is 0 Å². The van der Waals surface area contributed by atoms with E-state index >= 15 is 0 Å². The molecule has 0 atom stereocenters. The van der Waals surface area contributed by atoms with Crippen LogP contribution in [0.3, 0.4) is 0 Å². The maximum atomic E-state index is 12.2. The second-order valence-electron chi connectivity index (χ2n) is 4.54. The van der Waals surface area contributed by atoms with Crippen LogP contribution in [0.15, 0.2) is 54.2 Å². The fourth-order valence-corrected chi connectivity index (χ4v) is 3.12. The van der Waals surface area contributed by atoms with Gasteiger partial charge >= 0.3 is 0 Å². The number of hydrogen-bond acceptors (Lipinski definition) is 3. The first-order valence-corrected chi connectivity index (χ1v) is 7.28. The molecule has 0 aliphatic carbocycles. The van der Waals surface area contributed by atoms with E-state index in [9.17, 15) is 4.79 Å². The molecule has 0 unspecified atom stereocenters. The Balaban J connectivity index is 2.14. The first-order chi connectivity index (χ1) is 10.2. The smallest absolute Gasteiger partial charge is 0.300 e. The summed E-state index contributed by atoms with van der Waals surface area (Å²) in [7, 11) is 1.77. The van der Waals surface area contributed by atoms with E-state index in [0.717, 1.165) is 10.2 Å². The van der Waals surface area contributed by atoms with E-state index in [0.29, 0.717) is 17.0 Å². The normalized spacial score (nSPS) is 12.0. The van der Waals surface area contributed by atoms with Crippen molar-refractivity contribution in [3.05, 3.63) is 59.7 Å². The monoisotopic (exact) mass is 298 g/mol. The minimum absolute atomic E-state index is 0.333. The van der Waals surface area contributed by atoms with Crippen LogP contribution in [0.4, 0.5) is 0 Å². The number of carbonyl (C=O) groups excluding carboxylic acids is 1. The van der Waals surface area contributed by atoms with Gasteiger partial charge in [0.05, 0.1) is 10.2 Å². The fourth-order valence-electron chi connectivity index (χ4n) is 2.08. The van der Waals surface area contributed by atoms with E-state index in [1.54, 1.807) is 30.1 Å². The number of para-hydroxylation sites is 1. The zero-order valence-corrected chi connectivity index (χ0v) is 12.4. The first-order valence-electron chi connectivity index (χ1n) is 6.47. The molecule has 5 nitrogen and oxygen atoms in total. The van der Waals surface area contributed by atoms with Gasteiger partial charge in [-0.2, -0.15) is 10.1 Å². The molecule has 3 rings (SSSR count). The molecule has 0 saturated heterocycles. The molecule has 0 bridgehead atoms. The highest BCUT2D eigenvalue weighted by molar-refractivity contribution is 7.16. The summed E-state index contributed by atoms with van der Waals surface area (Å²) in [6.07, 6.45) is 3.52. The number of aryl methyl sites for hydroxylation is 1. The lowest BCUT2D eigenvalue weighted by atomic mass is 10.3. The van der Waals surface area contributed by atoms with Gasteiger partial charge in [0.2, 0.25) is 0 Å². The summed E-state index contributed by atoms with van der Waals surface area (Å²) in [4.78, 5) is 17.1. The van der Waals surface area contributed by atoms with Gasteiger partial charge in [-0.15, -0.1) is 6.58 Å². The van der Waals surface area contributed by atoms with Gasteiger partial charge in [0.25, 0.3) is 5.91 Å². The standard InChI is InChI=1S/C15H14N4OS/c1-3-9-19-12-6-4-5-7-13(12)21-15(19)16-14(20)11-8-10-18(2)17-11/h3-8,10H,1,9H2,2H3. The number of nitrogens with zero attached hydrogens (tertiary/aromatic N) is 4. The lowest BCUT2D eigenvalue weighted by Gasteiger charge is -1.99. The Morgan fingerprint density at radius 3 is 2.95 bits per heavy atom. The van der Waals surface area contributed by atoms with Crippen molar-refractivity contribution < 1.29 is 4.79 Å². The predicted octanol–water partition coefficient (Wildman–Crippen LogP) is 2.36. The molecule has 0 spiro atoms. The van der Waals surface area contributed by atoms with Gasteiger partial charge in [0.1, 0.15) is 0 Å². The first kappa shape index (κ1) is 13.5. The summed E-state index contributed by atoms with van der Waals surface area (Å²) in [5.74, 6) is -0.333. The quantitative estimate of drug-likeness (QED) is 0.697. The topological polar surface area (TPSA) is 52.2 Å². The van der Waals surface area contributed by atoms with Crippen molar-refractivity contribution in [1.82, 2.24) is 14.3 Å². The highest BCUT2D eigenvalue weighted by Gasteiger charge is 2.10. The molecule has 2 heterocycles. The van der Waals surface area contributed by atoms with Crippen LogP contribution < -0.4 is 4.80 Å². The second-order valence-corrected chi connectivity index (χ2v) is 5.55. The van der Waals surface area contributed by atoms with Crippen LogP contribution in [-0.2, 0) is 13.6 Å². The number of rotatable bonds is 3. The highest BCUT2D eigenvalue weighted by atomic mass is 32.1. The summed E-state index contributed by atoms with van der Waals surface area (Å²) in [6, 6.07) is 9.64. The number of amides is 1. The van der Waals surface area contributed by atoms with Crippen molar-refractivity contribution in [2.45, 2.75) is 6.54 Å². The van der Waals surface area contributed by atoms with E-state index in [4.69, 9.17) is 0 Å². The Labute approximate surface area is 125 Å². The predicted molar refractivity (Wildman–Crippen MR) is 83.1 cm³/mol. The van der Waals surface area contributed by atoms with Crippen LogP contribution in [0.5, 0.6) is 0 Å². The molecule has 0 radical (unpaired) electrons. The zero-order chi connectivity index (χ0) is 14.8. The van der Waals surface area contributed by atoms with Crippen LogP contribution in [0.2, 0.25) is 0 Å². The Morgan fingerprint density at radius 2 is 2.24 bits per heavy atom. The van der Waals surface area contributed by atoms with Crippen molar-refractivity contribution in [3.63, 3.8) is 0 Å². The number of fused-ring (bicyclic) bond motifs is 1. The SMILES string of the molecule is C=CCn1c(=NC(=O)c2ccn(C)n2)sc2ccccc21. The van der Waals surface area contributed by atoms with Gasteiger partial charge in [-0.25, -0.2) is 0 Å². The van der Waals surface area contributed by atoms with Gasteiger partial charge in [0, 0.05) is 19.8 Å². The summed E-state index contributed by atoms with van der Waals surface area (Å²) >= 11 is 1.49. The average molecular weight is 298 g/mol. The molecule has 0 aliphatic heterocycles. The van der Waals surface area contributed by atoms with Crippen LogP contribution in [0.25, 0.3) is 10.2 Å². The Morgan fingerprint density at radius 1 is 1.43 bits per heavy atom. The maximum absolute atomic E-state index is 12.2. The molecule has 0 fully saturated rings. The minimum atomic E-state index is -0.333. The van der Waals surface area contributed by atoms with Crippen molar-refractivity contribution in [1.29, 1.82) is 0 Å². The van der Waals surface area contributed by atoms with Crippen LogP contribution in [-0.4, -0.2) is 20.3 Å². The van der Waals surface area contributed by atoms with Crippen molar-refractivity contribution in [2.24, 2.45) is 12.0 Å². The molecule has 6 heteroatoms. The minimum Gasteiger partial charge on any atom is -0.312 e. The Kier molecular flexibility index (Phi) is 3.53. The number of benzene rings is 1. The number of aromatic nitrogens is 3. The molecule has 1 amide bonds. The molecule has 2 aromatic heterocycles. The molecule has 0 N–H and O–H groups in total. The molecule has 0 saturated carbocycles. The molecule has 1 aromatic carbocycles. The van der Waals surface area contributed by atoms with Gasteiger partial charge in [-0.05, 0) is 18.2 Å². The number of hydrogen-bond donors (Lipinski definition) is 0. The van der Waals surface area contributed by atoms with Crippen molar-refractivity contribution in [3.8, 4) is 0 Å². The molecular formula is C15H14N4OS. The lowest BCUT2D eigenvalue weighted by Crippen LogP contribution is -2.16. The number of thiazole rings is 1. The number of carbonyl (C=O) groups is 1. The third kappa shape index (κ3) is 2.57. The summed E-state index contributed by atoms with van der Waals surface area (Å²) in [5, 5.41) is 4.08. The Bertz CT molecular complexity index is 884. The third-order valence-corrected chi connectivity index (χ3v) is 4.09. The van der Waals surface area contributed by atoms with E-state index in [2.05, 4.69) is 16.7 Å². The van der Waals surface area contributed by atoms with Gasteiger partial charge in [0.15, 0.2) is 10.5 Å². The lowest BCUT2D eigenvalue weighted by molar-refractivity contribution is 0.0992.